The second kappa shape index (κ2) is 6.46. The SMILES string of the molecule is C#CC(C)NC(=O)N1CCC(CCC)(C(=O)O)CC1. The van der Waals surface area contributed by atoms with Crippen molar-refractivity contribution in [3.63, 3.8) is 0 Å². The van der Waals surface area contributed by atoms with Gasteiger partial charge in [-0.15, -0.1) is 6.42 Å². The van der Waals surface area contributed by atoms with Gasteiger partial charge in [-0.1, -0.05) is 19.3 Å². The lowest BCUT2D eigenvalue weighted by Gasteiger charge is -2.38. The van der Waals surface area contributed by atoms with E-state index in [4.69, 9.17) is 6.42 Å². The van der Waals surface area contributed by atoms with Crippen molar-refractivity contribution < 1.29 is 14.7 Å². The van der Waals surface area contributed by atoms with E-state index in [-0.39, 0.29) is 12.1 Å². The number of urea groups is 1. The summed E-state index contributed by atoms with van der Waals surface area (Å²) in [6.07, 6.45) is 7.73. The fourth-order valence-electron chi connectivity index (χ4n) is 2.51. The standard InChI is InChI=1S/C14H22N2O3/c1-4-6-14(12(17)18)7-9-16(10-8-14)13(19)15-11(3)5-2/h2,11H,4,6-10H2,1,3H3,(H,15,19)(H,17,18). The molecular formula is C14H22N2O3. The maximum Gasteiger partial charge on any atom is 0.318 e. The predicted molar refractivity (Wildman–Crippen MR) is 72.6 cm³/mol. The van der Waals surface area contributed by atoms with E-state index in [1.807, 2.05) is 6.92 Å². The van der Waals surface area contributed by atoms with Crippen LogP contribution in [0.25, 0.3) is 0 Å². The highest BCUT2D eigenvalue weighted by Gasteiger charge is 2.41. The van der Waals surface area contributed by atoms with Gasteiger partial charge in [0.15, 0.2) is 0 Å². The van der Waals surface area contributed by atoms with Crippen LogP contribution in [0.1, 0.15) is 39.5 Å². The lowest BCUT2D eigenvalue weighted by Crippen LogP contribution is -2.51. The molecule has 5 heteroatoms. The van der Waals surface area contributed by atoms with Crippen molar-refractivity contribution in [3.8, 4) is 12.3 Å². The van der Waals surface area contributed by atoms with E-state index >= 15 is 0 Å². The maximum atomic E-state index is 11.9. The molecule has 0 spiro atoms. The number of aliphatic carboxylic acids is 1. The van der Waals surface area contributed by atoms with Gasteiger partial charge in [-0.05, 0) is 26.2 Å². The van der Waals surface area contributed by atoms with Gasteiger partial charge in [0.2, 0.25) is 0 Å². The molecule has 1 atom stereocenters. The molecule has 5 nitrogen and oxygen atoms in total. The van der Waals surface area contributed by atoms with Gasteiger partial charge < -0.3 is 15.3 Å². The summed E-state index contributed by atoms with van der Waals surface area (Å²) in [5.41, 5.74) is -0.663. The minimum Gasteiger partial charge on any atom is -0.481 e. The first-order chi connectivity index (χ1) is 8.95. The van der Waals surface area contributed by atoms with Crippen molar-refractivity contribution in [2.45, 2.75) is 45.6 Å². The largest absolute Gasteiger partial charge is 0.481 e. The molecule has 1 aliphatic rings. The molecule has 0 saturated carbocycles. The zero-order valence-electron chi connectivity index (χ0n) is 11.6. The zero-order valence-corrected chi connectivity index (χ0v) is 11.6. The molecule has 1 aliphatic heterocycles. The first-order valence-electron chi connectivity index (χ1n) is 6.70. The Kier molecular flexibility index (Phi) is 5.22. The number of carboxylic acid groups (broad SMARTS) is 1. The van der Waals surface area contributed by atoms with Gasteiger partial charge in [-0.3, -0.25) is 4.79 Å². The van der Waals surface area contributed by atoms with Crippen LogP contribution in [0.4, 0.5) is 4.79 Å². The number of nitrogens with one attached hydrogen (secondary N) is 1. The molecule has 106 valence electrons. The summed E-state index contributed by atoms with van der Waals surface area (Å²) in [7, 11) is 0. The topological polar surface area (TPSA) is 69.6 Å². The van der Waals surface area contributed by atoms with Crippen molar-refractivity contribution in [2.75, 3.05) is 13.1 Å². The fraction of sp³-hybridized carbons (Fsp3) is 0.714. The number of carbonyl (C=O) groups excluding carboxylic acids is 1. The minimum atomic E-state index is -0.744. The summed E-state index contributed by atoms with van der Waals surface area (Å²) in [4.78, 5) is 24.9. The third-order valence-electron chi connectivity index (χ3n) is 3.78. The van der Waals surface area contributed by atoms with Crippen LogP contribution in [0.2, 0.25) is 0 Å². The van der Waals surface area contributed by atoms with Crippen molar-refractivity contribution in [1.29, 1.82) is 0 Å². The molecule has 0 aliphatic carbocycles. The van der Waals surface area contributed by atoms with E-state index in [9.17, 15) is 14.7 Å². The Morgan fingerprint density at radius 2 is 2.05 bits per heavy atom. The Morgan fingerprint density at radius 3 is 2.47 bits per heavy atom. The highest BCUT2D eigenvalue weighted by molar-refractivity contribution is 5.77. The number of rotatable bonds is 4. The Bertz CT molecular complexity index is 379. The highest BCUT2D eigenvalue weighted by atomic mass is 16.4. The van der Waals surface area contributed by atoms with Crippen molar-refractivity contribution in [2.24, 2.45) is 5.41 Å². The lowest BCUT2D eigenvalue weighted by molar-refractivity contribution is -0.152. The second-order valence-corrected chi connectivity index (χ2v) is 5.16. The molecule has 1 fully saturated rings. The third-order valence-corrected chi connectivity index (χ3v) is 3.78. The van der Waals surface area contributed by atoms with Crippen molar-refractivity contribution >= 4 is 12.0 Å². The molecule has 2 N–H and O–H groups in total. The summed E-state index contributed by atoms with van der Waals surface area (Å²) >= 11 is 0. The Labute approximate surface area is 114 Å². The van der Waals surface area contributed by atoms with Gasteiger partial charge in [0.1, 0.15) is 0 Å². The molecule has 1 unspecified atom stereocenters. The van der Waals surface area contributed by atoms with Gasteiger partial charge in [0.05, 0.1) is 11.5 Å². The van der Waals surface area contributed by atoms with Crippen LogP contribution in [0.5, 0.6) is 0 Å². The Morgan fingerprint density at radius 1 is 1.47 bits per heavy atom. The third kappa shape index (κ3) is 3.63. The zero-order chi connectivity index (χ0) is 14.5. The van der Waals surface area contributed by atoms with Gasteiger partial charge in [0, 0.05) is 13.1 Å². The van der Waals surface area contributed by atoms with Gasteiger partial charge in [-0.25, -0.2) is 4.79 Å². The first kappa shape index (κ1) is 15.4. The first-order valence-corrected chi connectivity index (χ1v) is 6.70. The second-order valence-electron chi connectivity index (χ2n) is 5.16. The van der Waals surface area contributed by atoms with Crippen LogP contribution >= 0.6 is 0 Å². The van der Waals surface area contributed by atoms with Crippen molar-refractivity contribution in [3.05, 3.63) is 0 Å². The fourth-order valence-corrected chi connectivity index (χ4v) is 2.51. The van der Waals surface area contributed by atoms with E-state index in [0.29, 0.717) is 32.4 Å². The van der Waals surface area contributed by atoms with Gasteiger partial charge >= 0.3 is 12.0 Å². The molecule has 1 rings (SSSR count). The van der Waals surface area contributed by atoms with Crippen LogP contribution in [-0.2, 0) is 4.79 Å². The number of likely N-dealkylation sites (tertiary alicyclic amines) is 1. The van der Waals surface area contributed by atoms with Crippen molar-refractivity contribution in [1.82, 2.24) is 10.2 Å². The number of terminal acetylenes is 1. The number of amides is 2. The average Bonchev–Trinajstić information content (AvgIpc) is 2.39. The number of hydrogen-bond acceptors (Lipinski definition) is 2. The van der Waals surface area contributed by atoms with Crippen LogP contribution < -0.4 is 5.32 Å². The molecule has 1 heterocycles. The summed E-state index contributed by atoms with van der Waals surface area (Å²) < 4.78 is 0. The summed E-state index contributed by atoms with van der Waals surface area (Å²) in [6.45, 7) is 4.66. The Hall–Kier alpha value is -1.70. The molecule has 1 saturated heterocycles. The highest BCUT2D eigenvalue weighted by Crippen LogP contribution is 2.36. The van der Waals surface area contributed by atoms with E-state index in [2.05, 4.69) is 11.2 Å². The molecule has 2 amide bonds. The molecule has 0 aromatic rings. The number of carbonyl (C=O) groups is 2. The normalized spacial score (nSPS) is 19.3. The predicted octanol–water partition coefficient (Wildman–Crippen LogP) is 1.68. The van der Waals surface area contributed by atoms with E-state index in [1.165, 1.54) is 0 Å². The molecule has 0 bridgehead atoms. The average molecular weight is 266 g/mol. The number of piperidine rings is 1. The molecule has 0 aromatic heterocycles. The molecule has 19 heavy (non-hydrogen) atoms. The number of carboxylic acids is 1. The maximum absolute atomic E-state index is 11.9. The number of hydrogen-bond donors (Lipinski definition) is 2. The van der Waals surface area contributed by atoms with Gasteiger partial charge in [-0.2, -0.15) is 0 Å². The summed E-state index contributed by atoms with van der Waals surface area (Å²) in [6, 6.07) is -0.518. The smallest absolute Gasteiger partial charge is 0.318 e. The van der Waals surface area contributed by atoms with Crippen LogP contribution in [0.3, 0.4) is 0 Å². The summed E-state index contributed by atoms with van der Waals surface area (Å²) in [5, 5.41) is 12.1. The van der Waals surface area contributed by atoms with Gasteiger partial charge in [0.25, 0.3) is 0 Å². The minimum absolute atomic E-state index is 0.207. The summed E-state index contributed by atoms with van der Waals surface area (Å²) in [5.74, 6) is 1.69. The van der Waals surface area contributed by atoms with E-state index < -0.39 is 11.4 Å². The molecule has 0 radical (unpaired) electrons. The van der Waals surface area contributed by atoms with E-state index in [0.717, 1.165) is 6.42 Å². The lowest BCUT2D eigenvalue weighted by atomic mass is 9.75. The van der Waals surface area contributed by atoms with E-state index in [1.54, 1.807) is 11.8 Å². The number of nitrogens with zero attached hydrogens (tertiary/aromatic N) is 1. The van der Waals surface area contributed by atoms with Crippen LogP contribution in [0, 0.1) is 17.8 Å². The molecule has 0 aromatic carbocycles. The Balaban J connectivity index is 2.58. The monoisotopic (exact) mass is 266 g/mol. The van der Waals surface area contributed by atoms with Crippen LogP contribution in [0.15, 0.2) is 0 Å². The van der Waals surface area contributed by atoms with Crippen LogP contribution in [-0.4, -0.2) is 41.1 Å². The quantitative estimate of drug-likeness (QED) is 0.761. The molecular weight excluding hydrogens is 244 g/mol.